The average molecular weight is 290 g/mol. The minimum absolute atomic E-state index is 0.240. The fourth-order valence-corrected chi connectivity index (χ4v) is 1.29. The molecule has 1 unspecified atom stereocenters. The van der Waals surface area contributed by atoms with E-state index in [2.05, 4.69) is 0 Å². The molecule has 0 aliphatic heterocycles. The molecular weight excluding hydrogens is 277 g/mol. The number of hydrogen-bond acceptors (Lipinski definition) is 3. The summed E-state index contributed by atoms with van der Waals surface area (Å²) in [7, 11) is 0. The maximum absolute atomic E-state index is 11.9. The van der Waals surface area contributed by atoms with E-state index in [-0.39, 0.29) is 11.3 Å². The zero-order chi connectivity index (χ0) is 15.3. The van der Waals surface area contributed by atoms with Gasteiger partial charge in [-0.05, 0) is 31.2 Å². The summed E-state index contributed by atoms with van der Waals surface area (Å²) in [6.45, 7) is -0.103. The summed E-state index contributed by atoms with van der Waals surface area (Å²) < 4.78 is 40.9. The monoisotopic (exact) mass is 290 g/mol. The summed E-state index contributed by atoms with van der Waals surface area (Å²) >= 11 is 0. The summed E-state index contributed by atoms with van der Waals surface area (Å²) in [6.07, 6.45) is -5.57. The number of amides is 2. The van der Waals surface area contributed by atoms with E-state index in [0.29, 0.717) is 0 Å². The molecule has 5 nitrogen and oxygen atoms in total. The van der Waals surface area contributed by atoms with E-state index in [1.165, 1.54) is 31.2 Å². The van der Waals surface area contributed by atoms with Gasteiger partial charge in [-0.1, -0.05) is 0 Å². The van der Waals surface area contributed by atoms with Crippen molar-refractivity contribution in [3.05, 3.63) is 29.8 Å². The standard InChI is InChI=1S/C12H13F3N2O3/c1-7(11(19)17-6-12(13,14)15)20-9-4-2-8(3-5-9)10(16)18/h2-5,7H,6H2,1H3,(H2,16,18)(H,17,19). The Kier molecular flexibility index (Phi) is 4.95. The van der Waals surface area contributed by atoms with Crippen molar-refractivity contribution in [3.63, 3.8) is 0 Å². The maximum Gasteiger partial charge on any atom is 0.405 e. The zero-order valence-corrected chi connectivity index (χ0v) is 10.5. The number of nitrogens with one attached hydrogen (secondary N) is 1. The van der Waals surface area contributed by atoms with Gasteiger partial charge < -0.3 is 15.8 Å². The third-order valence-electron chi connectivity index (χ3n) is 2.28. The van der Waals surface area contributed by atoms with Crippen LogP contribution >= 0.6 is 0 Å². The van der Waals surface area contributed by atoms with Gasteiger partial charge in [-0.2, -0.15) is 13.2 Å². The maximum atomic E-state index is 11.9. The number of rotatable bonds is 5. The molecule has 0 aliphatic rings. The van der Waals surface area contributed by atoms with Gasteiger partial charge in [0.2, 0.25) is 5.91 Å². The lowest BCUT2D eigenvalue weighted by Gasteiger charge is -2.15. The van der Waals surface area contributed by atoms with Crippen molar-refractivity contribution < 1.29 is 27.5 Å². The number of halogens is 3. The van der Waals surface area contributed by atoms with Crippen molar-refractivity contribution >= 4 is 11.8 Å². The molecule has 0 saturated carbocycles. The lowest BCUT2D eigenvalue weighted by molar-refractivity contribution is -0.142. The van der Waals surface area contributed by atoms with E-state index in [9.17, 15) is 22.8 Å². The third kappa shape index (κ3) is 5.17. The molecule has 3 N–H and O–H groups in total. The Labute approximate surface area is 112 Å². The first-order valence-corrected chi connectivity index (χ1v) is 5.60. The van der Waals surface area contributed by atoms with Gasteiger partial charge in [-0.15, -0.1) is 0 Å². The highest BCUT2D eigenvalue weighted by atomic mass is 19.4. The fraction of sp³-hybridized carbons (Fsp3) is 0.333. The predicted octanol–water partition coefficient (Wildman–Crippen LogP) is 1.23. The van der Waals surface area contributed by atoms with Crippen LogP contribution in [0.5, 0.6) is 5.75 Å². The van der Waals surface area contributed by atoms with Crippen molar-refractivity contribution in [1.29, 1.82) is 0 Å². The number of ether oxygens (including phenoxy) is 1. The van der Waals surface area contributed by atoms with Crippen LogP contribution in [0.25, 0.3) is 0 Å². The van der Waals surface area contributed by atoms with Crippen LogP contribution in [-0.4, -0.2) is 30.6 Å². The molecule has 8 heteroatoms. The topological polar surface area (TPSA) is 81.4 Å². The normalized spacial score (nSPS) is 12.6. The second-order valence-corrected chi connectivity index (χ2v) is 3.98. The number of alkyl halides is 3. The second kappa shape index (κ2) is 6.27. The van der Waals surface area contributed by atoms with Gasteiger partial charge in [0, 0.05) is 5.56 Å². The van der Waals surface area contributed by atoms with E-state index in [1.807, 2.05) is 0 Å². The Morgan fingerprint density at radius 1 is 1.30 bits per heavy atom. The van der Waals surface area contributed by atoms with Gasteiger partial charge in [0.25, 0.3) is 5.91 Å². The summed E-state index contributed by atoms with van der Waals surface area (Å²) in [5, 5.41) is 1.71. The molecule has 0 aliphatic carbocycles. The van der Waals surface area contributed by atoms with E-state index in [4.69, 9.17) is 10.5 Å². The molecule has 1 aromatic rings. The van der Waals surface area contributed by atoms with Crippen molar-refractivity contribution in [2.75, 3.05) is 6.54 Å². The van der Waals surface area contributed by atoms with Crippen LogP contribution in [0.15, 0.2) is 24.3 Å². The third-order valence-corrected chi connectivity index (χ3v) is 2.28. The average Bonchev–Trinajstić information content (AvgIpc) is 2.35. The molecule has 0 radical (unpaired) electrons. The molecule has 2 amide bonds. The van der Waals surface area contributed by atoms with Gasteiger partial charge in [0.1, 0.15) is 12.3 Å². The largest absolute Gasteiger partial charge is 0.481 e. The van der Waals surface area contributed by atoms with Crippen LogP contribution in [0.4, 0.5) is 13.2 Å². The molecule has 1 atom stereocenters. The van der Waals surface area contributed by atoms with E-state index in [0.717, 1.165) is 0 Å². The van der Waals surface area contributed by atoms with Crippen LogP contribution in [0, 0.1) is 0 Å². The summed E-state index contributed by atoms with van der Waals surface area (Å²) in [5.41, 5.74) is 5.30. The van der Waals surface area contributed by atoms with Gasteiger partial charge in [0.05, 0.1) is 0 Å². The van der Waals surface area contributed by atoms with Crippen LogP contribution < -0.4 is 15.8 Å². The van der Waals surface area contributed by atoms with Gasteiger partial charge in [-0.25, -0.2) is 0 Å². The molecule has 0 bridgehead atoms. The first-order chi connectivity index (χ1) is 9.19. The molecule has 1 aromatic carbocycles. The predicted molar refractivity (Wildman–Crippen MR) is 64.1 cm³/mol. The minimum Gasteiger partial charge on any atom is -0.481 e. The number of carbonyl (C=O) groups excluding carboxylic acids is 2. The van der Waals surface area contributed by atoms with Crippen molar-refractivity contribution in [3.8, 4) is 5.75 Å². The fourth-order valence-electron chi connectivity index (χ4n) is 1.29. The Bertz CT molecular complexity index is 486. The first kappa shape index (κ1) is 15.8. The van der Waals surface area contributed by atoms with Crippen LogP contribution in [-0.2, 0) is 4.79 Å². The number of nitrogens with two attached hydrogens (primary N) is 1. The SMILES string of the molecule is CC(Oc1ccc(C(N)=O)cc1)C(=O)NCC(F)(F)F. The Balaban J connectivity index is 2.55. The quantitative estimate of drug-likeness (QED) is 0.855. The number of benzene rings is 1. The van der Waals surface area contributed by atoms with Crippen molar-refractivity contribution in [1.82, 2.24) is 5.32 Å². The number of primary amides is 1. The minimum atomic E-state index is -4.47. The molecule has 0 spiro atoms. The van der Waals surface area contributed by atoms with E-state index in [1.54, 1.807) is 5.32 Å². The summed E-state index contributed by atoms with van der Waals surface area (Å²) in [5.74, 6) is -1.27. The highest BCUT2D eigenvalue weighted by Gasteiger charge is 2.29. The molecule has 0 saturated heterocycles. The lowest BCUT2D eigenvalue weighted by atomic mass is 10.2. The molecule has 0 heterocycles. The second-order valence-electron chi connectivity index (χ2n) is 3.98. The van der Waals surface area contributed by atoms with Crippen LogP contribution in [0.1, 0.15) is 17.3 Å². The molecule has 110 valence electrons. The molecule has 1 rings (SSSR count). The van der Waals surface area contributed by atoms with Crippen molar-refractivity contribution in [2.24, 2.45) is 5.73 Å². The van der Waals surface area contributed by atoms with E-state index < -0.39 is 30.6 Å². The summed E-state index contributed by atoms with van der Waals surface area (Å²) in [4.78, 5) is 22.2. The van der Waals surface area contributed by atoms with Gasteiger partial charge in [-0.3, -0.25) is 9.59 Å². The Morgan fingerprint density at radius 2 is 1.85 bits per heavy atom. The smallest absolute Gasteiger partial charge is 0.405 e. The molecular formula is C12H13F3N2O3. The highest BCUT2D eigenvalue weighted by Crippen LogP contribution is 2.15. The lowest BCUT2D eigenvalue weighted by Crippen LogP contribution is -2.41. The van der Waals surface area contributed by atoms with Crippen LogP contribution in [0.2, 0.25) is 0 Å². The van der Waals surface area contributed by atoms with Crippen molar-refractivity contribution in [2.45, 2.75) is 19.2 Å². The zero-order valence-electron chi connectivity index (χ0n) is 10.5. The number of hydrogen-bond donors (Lipinski definition) is 2. The number of carbonyl (C=O) groups is 2. The first-order valence-electron chi connectivity index (χ1n) is 5.60. The molecule has 0 fully saturated rings. The molecule has 0 aromatic heterocycles. The van der Waals surface area contributed by atoms with Gasteiger partial charge in [0.15, 0.2) is 6.10 Å². The Hall–Kier alpha value is -2.25. The Morgan fingerprint density at radius 3 is 2.30 bits per heavy atom. The van der Waals surface area contributed by atoms with Gasteiger partial charge >= 0.3 is 6.18 Å². The van der Waals surface area contributed by atoms with Crippen LogP contribution in [0.3, 0.4) is 0 Å². The molecule has 20 heavy (non-hydrogen) atoms. The van der Waals surface area contributed by atoms with E-state index >= 15 is 0 Å². The summed E-state index contributed by atoms with van der Waals surface area (Å²) in [6, 6.07) is 5.57. The highest BCUT2D eigenvalue weighted by molar-refractivity contribution is 5.92.